The molecule has 1 nitrogen and oxygen atoms in total. The fourth-order valence-electron chi connectivity index (χ4n) is 4.39. The maximum atomic E-state index is 6.24. The van der Waals surface area contributed by atoms with Crippen molar-refractivity contribution in [3.05, 3.63) is 60.2 Å². The fraction of sp³-hybridized carbons (Fsp3) is 0.500. The van der Waals surface area contributed by atoms with Gasteiger partial charge in [-0.05, 0) is 78.6 Å². The molecule has 25 heavy (non-hydrogen) atoms. The zero-order valence-corrected chi connectivity index (χ0v) is 15.9. The third-order valence-electron chi connectivity index (χ3n) is 6.30. The summed E-state index contributed by atoms with van der Waals surface area (Å²) in [5.74, 6) is 3.40. The van der Waals surface area contributed by atoms with Crippen LogP contribution in [0.3, 0.4) is 0 Å². The van der Waals surface area contributed by atoms with Gasteiger partial charge in [-0.3, -0.25) is 0 Å². The molecule has 1 aromatic rings. The molecule has 1 heteroatoms. The maximum absolute atomic E-state index is 6.24. The number of allylic oxidation sites excluding steroid dienone is 4. The highest BCUT2D eigenvalue weighted by atomic mass is 14.6. The average molecular weight is 336 g/mol. The summed E-state index contributed by atoms with van der Waals surface area (Å²) in [4.78, 5) is 0. The monoisotopic (exact) mass is 335 g/mol. The molecule has 3 atom stereocenters. The molecule has 3 rings (SSSR count). The van der Waals surface area contributed by atoms with Gasteiger partial charge in [0, 0.05) is 11.3 Å². The summed E-state index contributed by atoms with van der Waals surface area (Å²) in [6, 6.07) is 8.13. The van der Waals surface area contributed by atoms with Gasteiger partial charge in [0.1, 0.15) is 0 Å². The second-order valence-corrected chi connectivity index (χ2v) is 8.06. The minimum atomic E-state index is 0.689. The van der Waals surface area contributed by atoms with Crippen LogP contribution in [0.1, 0.15) is 57.9 Å². The van der Waals surface area contributed by atoms with Crippen molar-refractivity contribution >= 4 is 11.3 Å². The van der Waals surface area contributed by atoms with Crippen molar-refractivity contribution in [1.29, 1.82) is 0 Å². The van der Waals surface area contributed by atoms with Gasteiger partial charge in [0.2, 0.25) is 0 Å². The van der Waals surface area contributed by atoms with Crippen LogP contribution in [0.4, 0.5) is 5.69 Å². The Kier molecular flexibility index (Phi) is 5.51. The van der Waals surface area contributed by atoms with E-state index in [2.05, 4.69) is 45.2 Å². The van der Waals surface area contributed by atoms with E-state index < -0.39 is 0 Å². The first-order chi connectivity index (χ1) is 12.1. The van der Waals surface area contributed by atoms with E-state index in [0.29, 0.717) is 5.92 Å². The summed E-state index contributed by atoms with van der Waals surface area (Å²) in [6.07, 6.45) is 9.73. The first kappa shape index (κ1) is 18.0. The Morgan fingerprint density at radius 1 is 1.32 bits per heavy atom. The van der Waals surface area contributed by atoms with Gasteiger partial charge in [0.15, 0.2) is 0 Å². The molecule has 0 spiro atoms. The third-order valence-corrected chi connectivity index (χ3v) is 6.30. The molecule has 0 heterocycles. The number of nitrogen functional groups attached to an aromatic ring is 1. The van der Waals surface area contributed by atoms with E-state index in [9.17, 15) is 0 Å². The van der Waals surface area contributed by atoms with Crippen LogP contribution in [0.5, 0.6) is 0 Å². The number of hydrogen-bond donors (Lipinski definition) is 1. The van der Waals surface area contributed by atoms with E-state index in [1.165, 1.54) is 43.3 Å². The van der Waals surface area contributed by atoms with E-state index in [4.69, 9.17) is 5.73 Å². The Labute approximate surface area is 153 Å². The second-order valence-electron chi connectivity index (χ2n) is 8.06. The van der Waals surface area contributed by atoms with Crippen molar-refractivity contribution in [2.45, 2.75) is 52.4 Å². The zero-order valence-electron chi connectivity index (χ0n) is 15.9. The molecular formula is C24H33N. The molecule has 134 valence electrons. The van der Waals surface area contributed by atoms with Crippen molar-refractivity contribution in [3.63, 3.8) is 0 Å². The van der Waals surface area contributed by atoms with Crippen LogP contribution in [0, 0.1) is 23.7 Å². The van der Waals surface area contributed by atoms with Crippen LogP contribution in [-0.2, 0) is 0 Å². The second kappa shape index (κ2) is 7.64. The van der Waals surface area contributed by atoms with Gasteiger partial charge in [0.05, 0.1) is 0 Å². The maximum Gasteiger partial charge on any atom is 0.0393 e. The lowest BCUT2D eigenvalue weighted by molar-refractivity contribution is 0.399. The molecule has 0 radical (unpaired) electrons. The highest BCUT2D eigenvalue weighted by Crippen LogP contribution is 2.48. The van der Waals surface area contributed by atoms with E-state index in [0.717, 1.165) is 41.0 Å². The Balaban J connectivity index is 1.84. The first-order valence-electron chi connectivity index (χ1n) is 9.96. The van der Waals surface area contributed by atoms with E-state index in [1.807, 2.05) is 12.1 Å². The van der Waals surface area contributed by atoms with Crippen LogP contribution in [0.2, 0.25) is 0 Å². The molecule has 1 aromatic carbocycles. The van der Waals surface area contributed by atoms with Crippen molar-refractivity contribution in [1.82, 2.24) is 0 Å². The molecule has 0 saturated heterocycles. The summed E-state index contributed by atoms with van der Waals surface area (Å²) in [5, 5.41) is 0. The van der Waals surface area contributed by atoms with Crippen molar-refractivity contribution in [2.24, 2.45) is 23.7 Å². The van der Waals surface area contributed by atoms with Crippen molar-refractivity contribution < 1.29 is 0 Å². The van der Waals surface area contributed by atoms with Gasteiger partial charge >= 0.3 is 0 Å². The average Bonchev–Trinajstić information content (AvgIpc) is 3.52. The van der Waals surface area contributed by atoms with Crippen LogP contribution in [0.15, 0.2) is 54.6 Å². The van der Waals surface area contributed by atoms with E-state index in [1.54, 1.807) is 0 Å². The Morgan fingerprint density at radius 2 is 2.00 bits per heavy atom. The number of para-hydroxylation sites is 1. The molecule has 2 saturated carbocycles. The molecular weight excluding hydrogens is 302 g/mol. The van der Waals surface area contributed by atoms with Gasteiger partial charge < -0.3 is 5.73 Å². The minimum Gasteiger partial charge on any atom is -0.398 e. The molecule has 2 aliphatic carbocycles. The largest absolute Gasteiger partial charge is 0.398 e. The lowest BCUT2D eigenvalue weighted by atomic mass is 9.85. The number of benzene rings is 1. The summed E-state index contributed by atoms with van der Waals surface area (Å²) >= 11 is 0. The summed E-state index contributed by atoms with van der Waals surface area (Å²) < 4.78 is 0. The molecule has 0 amide bonds. The number of nitrogens with two attached hydrogens (primary N) is 1. The summed E-state index contributed by atoms with van der Waals surface area (Å²) in [5.41, 5.74) is 12.1. The summed E-state index contributed by atoms with van der Waals surface area (Å²) in [7, 11) is 0. The lowest BCUT2D eigenvalue weighted by Gasteiger charge is -2.20. The number of rotatable bonds is 9. The first-order valence-corrected chi connectivity index (χ1v) is 9.96. The van der Waals surface area contributed by atoms with Crippen LogP contribution >= 0.6 is 0 Å². The predicted molar refractivity (Wildman–Crippen MR) is 110 cm³/mol. The van der Waals surface area contributed by atoms with Gasteiger partial charge in [-0.2, -0.15) is 0 Å². The standard InChI is InChI=1S/C24H33N/c1-5-18(23-15-16(23)3)13-14-21(20(6-2)19-11-12-19)17(4)22-9-7-8-10-24(22)25/h6-10,16,18-19,23H,2,4-5,11-15,25H2,1,3H3/b21-20+. The normalized spacial score (nSPS) is 24.4. The molecule has 3 unspecified atom stereocenters. The Hall–Kier alpha value is -1.76. The fourth-order valence-corrected chi connectivity index (χ4v) is 4.39. The molecule has 2 N–H and O–H groups in total. The molecule has 0 aliphatic heterocycles. The van der Waals surface area contributed by atoms with Crippen LogP contribution in [-0.4, -0.2) is 0 Å². The minimum absolute atomic E-state index is 0.689. The summed E-state index contributed by atoms with van der Waals surface area (Å²) in [6.45, 7) is 13.3. The zero-order chi connectivity index (χ0) is 18.0. The molecule has 2 fully saturated rings. The van der Waals surface area contributed by atoms with Gasteiger partial charge in [-0.25, -0.2) is 0 Å². The highest BCUT2D eigenvalue weighted by Gasteiger charge is 2.38. The van der Waals surface area contributed by atoms with Crippen LogP contribution in [0.25, 0.3) is 5.57 Å². The SMILES string of the molecule is C=C/C(=C(/CCC(CC)C1CC1C)C(=C)c1ccccc1N)C1CC1. The molecule has 0 bridgehead atoms. The van der Waals surface area contributed by atoms with Gasteiger partial charge in [-0.1, -0.05) is 57.7 Å². The molecule has 2 aliphatic rings. The van der Waals surface area contributed by atoms with Gasteiger partial charge in [0.25, 0.3) is 0 Å². The van der Waals surface area contributed by atoms with E-state index in [-0.39, 0.29) is 0 Å². The predicted octanol–water partition coefficient (Wildman–Crippen LogP) is 6.64. The molecule has 0 aromatic heterocycles. The third kappa shape index (κ3) is 4.08. The lowest BCUT2D eigenvalue weighted by Crippen LogP contribution is -2.06. The van der Waals surface area contributed by atoms with E-state index >= 15 is 0 Å². The smallest absolute Gasteiger partial charge is 0.0393 e. The van der Waals surface area contributed by atoms with Crippen LogP contribution < -0.4 is 5.73 Å². The Morgan fingerprint density at radius 3 is 2.52 bits per heavy atom. The Bertz CT molecular complexity index is 677. The topological polar surface area (TPSA) is 26.0 Å². The number of hydrogen-bond acceptors (Lipinski definition) is 1. The quantitative estimate of drug-likeness (QED) is 0.397. The number of anilines is 1. The van der Waals surface area contributed by atoms with Crippen molar-refractivity contribution in [3.8, 4) is 0 Å². The highest BCUT2D eigenvalue weighted by molar-refractivity contribution is 5.84. The van der Waals surface area contributed by atoms with Crippen molar-refractivity contribution in [2.75, 3.05) is 5.73 Å². The van der Waals surface area contributed by atoms with Gasteiger partial charge in [-0.15, -0.1) is 0 Å².